The minimum atomic E-state index is -0.188. The zero-order valence-electron chi connectivity index (χ0n) is 20.1. The number of likely N-dealkylation sites (tertiary alicyclic amines) is 1. The maximum Gasteiger partial charge on any atom is 0.253 e. The van der Waals surface area contributed by atoms with Gasteiger partial charge in [-0.15, -0.1) is 0 Å². The van der Waals surface area contributed by atoms with E-state index in [0.29, 0.717) is 18.0 Å². The molecule has 0 spiro atoms. The molecule has 2 aromatic heterocycles. The van der Waals surface area contributed by atoms with Crippen molar-refractivity contribution in [1.29, 1.82) is 5.26 Å². The summed E-state index contributed by atoms with van der Waals surface area (Å²) in [6.45, 7) is 5.46. The molecule has 0 bridgehead atoms. The number of hydrogen-bond acceptors (Lipinski definition) is 7. The average Bonchev–Trinajstić information content (AvgIpc) is 3.33. The monoisotopic (exact) mass is 471 g/mol. The summed E-state index contributed by atoms with van der Waals surface area (Å²) in [6.07, 6.45) is 4.18. The molecule has 1 aliphatic rings. The Morgan fingerprint density at radius 1 is 1.09 bits per heavy atom. The van der Waals surface area contributed by atoms with E-state index in [9.17, 15) is 4.79 Å². The van der Waals surface area contributed by atoms with Gasteiger partial charge in [-0.1, -0.05) is 18.2 Å². The van der Waals surface area contributed by atoms with E-state index in [2.05, 4.69) is 32.3 Å². The number of benzene rings is 1. The summed E-state index contributed by atoms with van der Waals surface area (Å²) < 4.78 is 11.1. The number of nitrogens with zero attached hydrogens (tertiary/aromatic N) is 4. The number of rotatable bonds is 8. The lowest BCUT2D eigenvalue weighted by atomic mass is 9.98. The second-order valence-corrected chi connectivity index (χ2v) is 8.77. The Hall–Kier alpha value is -3.96. The second-order valence-electron chi connectivity index (χ2n) is 8.77. The second kappa shape index (κ2) is 11.0. The van der Waals surface area contributed by atoms with Crippen LogP contribution in [-0.4, -0.2) is 53.1 Å². The maximum absolute atomic E-state index is 12.7. The van der Waals surface area contributed by atoms with Crippen molar-refractivity contribution < 1.29 is 14.3 Å². The molecule has 0 saturated carbocycles. The highest BCUT2D eigenvalue weighted by Crippen LogP contribution is 2.33. The van der Waals surface area contributed by atoms with Crippen LogP contribution >= 0.6 is 0 Å². The third-order valence-corrected chi connectivity index (χ3v) is 5.92. The number of nitrogens with one attached hydrogen (secondary N) is 1. The van der Waals surface area contributed by atoms with E-state index in [1.807, 2.05) is 50.4 Å². The van der Waals surface area contributed by atoms with Crippen LogP contribution in [0.1, 0.15) is 53.5 Å². The Morgan fingerprint density at radius 2 is 1.86 bits per heavy atom. The summed E-state index contributed by atoms with van der Waals surface area (Å²) in [6, 6.07) is 17.1. The van der Waals surface area contributed by atoms with Gasteiger partial charge < -0.3 is 14.8 Å². The summed E-state index contributed by atoms with van der Waals surface area (Å²) in [5.74, 6) is 1.21. The fraction of sp³-hybridized carbons (Fsp3) is 0.333. The molecule has 3 aromatic rings. The first-order valence-corrected chi connectivity index (χ1v) is 11.6. The van der Waals surface area contributed by atoms with Gasteiger partial charge in [0.05, 0.1) is 24.8 Å². The van der Waals surface area contributed by atoms with Crippen molar-refractivity contribution in [3.05, 3.63) is 83.3 Å². The van der Waals surface area contributed by atoms with Crippen LogP contribution in [0.15, 0.2) is 60.9 Å². The highest BCUT2D eigenvalue weighted by atomic mass is 16.5. The third-order valence-electron chi connectivity index (χ3n) is 5.92. The molecule has 3 heterocycles. The topological polar surface area (TPSA) is 100 Å². The maximum atomic E-state index is 12.7. The predicted molar refractivity (Wildman–Crippen MR) is 131 cm³/mol. The van der Waals surface area contributed by atoms with Crippen LogP contribution in [0.25, 0.3) is 0 Å². The quantitative estimate of drug-likeness (QED) is 0.534. The van der Waals surface area contributed by atoms with Crippen LogP contribution in [0.3, 0.4) is 0 Å². The number of hydrogen-bond donors (Lipinski definition) is 1. The molecule has 1 aliphatic heterocycles. The molecule has 1 N–H and O–H groups in total. The first-order valence-electron chi connectivity index (χ1n) is 11.6. The molecule has 8 heteroatoms. The number of amides is 1. The molecule has 35 heavy (non-hydrogen) atoms. The van der Waals surface area contributed by atoms with Crippen LogP contribution in [0, 0.1) is 11.3 Å². The van der Waals surface area contributed by atoms with Crippen molar-refractivity contribution in [1.82, 2.24) is 20.2 Å². The van der Waals surface area contributed by atoms with Crippen LogP contribution in [0.4, 0.5) is 0 Å². The van der Waals surface area contributed by atoms with Gasteiger partial charge in [0.1, 0.15) is 17.5 Å². The van der Waals surface area contributed by atoms with Gasteiger partial charge in [0.25, 0.3) is 5.91 Å². The van der Waals surface area contributed by atoms with Gasteiger partial charge in [0.2, 0.25) is 5.88 Å². The molecule has 180 valence electrons. The largest absolute Gasteiger partial charge is 0.497 e. The lowest BCUT2D eigenvalue weighted by Gasteiger charge is -2.29. The first-order chi connectivity index (χ1) is 17.0. The molecule has 1 amide bonds. The van der Waals surface area contributed by atoms with Gasteiger partial charge in [-0.05, 0) is 55.7 Å². The molecule has 1 saturated heterocycles. The van der Waals surface area contributed by atoms with E-state index in [0.717, 1.165) is 29.8 Å². The Morgan fingerprint density at radius 3 is 2.46 bits per heavy atom. The zero-order chi connectivity index (χ0) is 24.8. The molecule has 0 aliphatic carbocycles. The molecule has 2 atom stereocenters. The van der Waals surface area contributed by atoms with E-state index in [1.54, 1.807) is 19.2 Å². The van der Waals surface area contributed by atoms with Crippen LogP contribution in [-0.2, 0) is 0 Å². The minimum Gasteiger partial charge on any atom is -0.497 e. The van der Waals surface area contributed by atoms with Crippen LogP contribution < -0.4 is 14.8 Å². The summed E-state index contributed by atoms with van der Waals surface area (Å²) in [5.41, 5.74) is 2.90. The first kappa shape index (κ1) is 24.2. The molecule has 1 fully saturated rings. The van der Waals surface area contributed by atoms with Crippen molar-refractivity contribution in [2.75, 3.05) is 20.2 Å². The Labute approximate surface area is 205 Å². The van der Waals surface area contributed by atoms with Crippen molar-refractivity contribution in [3.63, 3.8) is 0 Å². The molecular formula is C27H29N5O3. The van der Waals surface area contributed by atoms with Gasteiger partial charge in [-0.3, -0.25) is 9.69 Å². The van der Waals surface area contributed by atoms with E-state index in [-0.39, 0.29) is 29.8 Å². The lowest BCUT2D eigenvalue weighted by Crippen LogP contribution is -2.38. The number of carbonyl (C=O) groups is 1. The minimum absolute atomic E-state index is 0.00426. The Bertz CT molecular complexity index is 1170. The Balaban J connectivity index is 1.52. The summed E-state index contributed by atoms with van der Waals surface area (Å²) in [5, 5.41) is 12.0. The number of pyridine rings is 2. The standard InChI is InChI=1S/C27H29N5O3/c1-18(2)35-25-11-7-20(15-30-25)26(19-5-9-24(34-3)10-6-19)32-13-12-23(17-32)31-27(33)21-4-8-22(14-28)29-16-21/h4-11,15-16,18,23,26H,12-13,17H2,1-3H3,(H,31,33)/t23?,26-/m1/s1. The SMILES string of the molecule is COc1ccc([C@H](c2ccc(OC(C)C)nc2)N2CCC(NC(=O)c3ccc(C#N)nc3)C2)cc1. The van der Waals surface area contributed by atoms with Crippen LogP contribution in [0.5, 0.6) is 11.6 Å². The third kappa shape index (κ3) is 5.94. The summed E-state index contributed by atoms with van der Waals surface area (Å²) in [4.78, 5) is 23.6. The van der Waals surface area contributed by atoms with Gasteiger partial charge in [-0.2, -0.15) is 5.26 Å². The molecule has 1 aromatic carbocycles. The van der Waals surface area contributed by atoms with Gasteiger partial charge in [0, 0.05) is 37.6 Å². The zero-order valence-corrected chi connectivity index (χ0v) is 20.1. The number of methoxy groups -OCH3 is 1. The van der Waals surface area contributed by atoms with Crippen LogP contribution in [0.2, 0.25) is 0 Å². The highest BCUT2D eigenvalue weighted by molar-refractivity contribution is 5.94. The van der Waals surface area contributed by atoms with E-state index >= 15 is 0 Å². The van der Waals surface area contributed by atoms with Gasteiger partial charge in [0.15, 0.2) is 0 Å². The Kier molecular flexibility index (Phi) is 7.58. The number of ether oxygens (including phenoxy) is 2. The van der Waals surface area contributed by atoms with E-state index < -0.39 is 0 Å². The number of aromatic nitrogens is 2. The van der Waals surface area contributed by atoms with Gasteiger partial charge in [-0.25, -0.2) is 9.97 Å². The van der Waals surface area contributed by atoms with Crippen molar-refractivity contribution in [2.24, 2.45) is 0 Å². The van der Waals surface area contributed by atoms with Crippen molar-refractivity contribution in [2.45, 2.75) is 38.5 Å². The van der Waals surface area contributed by atoms with E-state index in [1.165, 1.54) is 6.20 Å². The average molecular weight is 472 g/mol. The number of carbonyl (C=O) groups excluding carboxylic acids is 1. The van der Waals surface area contributed by atoms with Gasteiger partial charge >= 0.3 is 0 Å². The fourth-order valence-electron chi connectivity index (χ4n) is 4.27. The lowest BCUT2D eigenvalue weighted by molar-refractivity contribution is 0.0936. The predicted octanol–water partition coefficient (Wildman–Crippen LogP) is 3.74. The van der Waals surface area contributed by atoms with Crippen molar-refractivity contribution in [3.8, 4) is 17.7 Å². The molecule has 4 rings (SSSR count). The van der Waals surface area contributed by atoms with Crippen molar-refractivity contribution >= 4 is 5.91 Å². The summed E-state index contributed by atoms with van der Waals surface area (Å²) in [7, 11) is 1.65. The highest BCUT2D eigenvalue weighted by Gasteiger charge is 2.31. The summed E-state index contributed by atoms with van der Waals surface area (Å²) >= 11 is 0. The fourth-order valence-corrected chi connectivity index (χ4v) is 4.27. The normalized spacial score (nSPS) is 16.5. The smallest absolute Gasteiger partial charge is 0.253 e. The van der Waals surface area contributed by atoms with E-state index in [4.69, 9.17) is 14.7 Å². The molecule has 1 unspecified atom stereocenters. The number of nitriles is 1. The molecule has 0 radical (unpaired) electrons. The molecular weight excluding hydrogens is 442 g/mol. The molecule has 8 nitrogen and oxygen atoms in total.